The van der Waals surface area contributed by atoms with Gasteiger partial charge in [-0.2, -0.15) is 0 Å². The van der Waals surface area contributed by atoms with E-state index in [4.69, 9.17) is 0 Å². The lowest BCUT2D eigenvalue weighted by atomic mass is 10.2. The first-order chi connectivity index (χ1) is 10.6. The zero-order valence-corrected chi connectivity index (χ0v) is 13.7. The Hall–Kier alpha value is -2.14. The Balaban J connectivity index is 1.75. The maximum absolute atomic E-state index is 12.4. The second kappa shape index (κ2) is 5.93. The molecule has 0 saturated carbocycles. The fourth-order valence-electron chi connectivity index (χ4n) is 2.53. The molecule has 0 spiro atoms. The summed E-state index contributed by atoms with van der Waals surface area (Å²) in [4.78, 5) is 26.1. The van der Waals surface area contributed by atoms with Crippen molar-refractivity contribution in [1.29, 1.82) is 0 Å². The van der Waals surface area contributed by atoms with Crippen molar-refractivity contribution in [2.75, 3.05) is 16.8 Å². The average Bonchev–Trinajstić information content (AvgIpc) is 2.94. The summed E-state index contributed by atoms with van der Waals surface area (Å²) in [5.41, 5.74) is 3.59. The molecule has 0 saturated heterocycles. The molecule has 0 aromatic heterocycles. The summed E-state index contributed by atoms with van der Waals surface area (Å²) in [5, 5.41) is 2.66. The van der Waals surface area contributed by atoms with E-state index < -0.39 is 11.8 Å². The molecule has 3 rings (SSSR count). The summed E-state index contributed by atoms with van der Waals surface area (Å²) in [5.74, 6) is -1.14. The van der Waals surface area contributed by atoms with E-state index in [1.54, 1.807) is 12.1 Å². The predicted octanol–water partition coefficient (Wildman–Crippen LogP) is 3.29. The number of anilines is 2. The van der Waals surface area contributed by atoms with E-state index >= 15 is 0 Å². The molecule has 2 aromatic carbocycles. The molecule has 2 amide bonds. The van der Waals surface area contributed by atoms with Gasteiger partial charge in [0.2, 0.25) is 0 Å². The van der Waals surface area contributed by atoms with E-state index in [0.29, 0.717) is 12.2 Å². The fourth-order valence-corrected chi connectivity index (χ4v) is 2.91. The monoisotopic (exact) mass is 358 g/mol. The molecule has 4 nitrogen and oxygen atoms in total. The molecule has 0 aliphatic carbocycles. The molecule has 0 atom stereocenters. The first-order valence-corrected chi connectivity index (χ1v) is 7.82. The number of carbonyl (C=O) groups excluding carboxylic acids is 2. The van der Waals surface area contributed by atoms with Gasteiger partial charge in [0, 0.05) is 22.4 Å². The van der Waals surface area contributed by atoms with E-state index in [1.807, 2.05) is 37.3 Å². The molecule has 22 heavy (non-hydrogen) atoms. The minimum atomic E-state index is -0.618. The lowest BCUT2D eigenvalue weighted by Crippen LogP contribution is -2.38. The summed E-state index contributed by atoms with van der Waals surface area (Å²) in [6.45, 7) is 2.51. The van der Waals surface area contributed by atoms with Gasteiger partial charge < -0.3 is 10.2 Å². The topological polar surface area (TPSA) is 49.4 Å². The van der Waals surface area contributed by atoms with Crippen LogP contribution in [0.2, 0.25) is 0 Å². The molecule has 2 aromatic rings. The molecule has 112 valence electrons. The van der Waals surface area contributed by atoms with Crippen molar-refractivity contribution < 1.29 is 9.59 Å². The summed E-state index contributed by atoms with van der Waals surface area (Å²) in [6, 6.07) is 13.1. The quantitative estimate of drug-likeness (QED) is 0.795. The third-order valence-electron chi connectivity index (χ3n) is 3.76. The Kier molecular flexibility index (Phi) is 3.98. The van der Waals surface area contributed by atoms with Crippen molar-refractivity contribution >= 4 is 39.1 Å². The number of nitrogens with zero attached hydrogens (tertiary/aromatic N) is 1. The molecule has 1 aliphatic heterocycles. The van der Waals surface area contributed by atoms with Crippen molar-refractivity contribution in [3.8, 4) is 0 Å². The molecule has 0 unspecified atom stereocenters. The second-order valence-electron chi connectivity index (χ2n) is 5.25. The first kappa shape index (κ1) is 14.8. The lowest BCUT2D eigenvalue weighted by molar-refractivity contribution is -0.134. The number of para-hydroxylation sites is 1. The normalized spacial score (nSPS) is 12.9. The number of amides is 2. The minimum Gasteiger partial charge on any atom is -0.318 e. The number of benzene rings is 2. The van der Waals surface area contributed by atoms with Crippen LogP contribution < -0.4 is 10.2 Å². The molecule has 0 radical (unpaired) electrons. The van der Waals surface area contributed by atoms with Crippen LogP contribution in [0.1, 0.15) is 11.1 Å². The van der Waals surface area contributed by atoms with E-state index in [1.165, 1.54) is 4.90 Å². The maximum atomic E-state index is 12.4. The number of halogens is 1. The van der Waals surface area contributed by atoms with Gasteiger partial charge in [0.25, 0.3) is 0 Å². The van der Waals surface area contributed by atoms with Crippen LogP contribution in [0.25, 0.3) is 0 Å². The minimum absolute atomic E-state index is 0.526. The number of hydrogen-bond acceptors (Lipinski definition) is 2. The summed E-state index contributed by atoms with van der Waals surface area (Å²) in [7, 11) is 0. The van der Waals surface area contributed by atoms with Crippen LogP contribution in [0.15, 0.2) is 46.9 Å². The van der Waals surface area contributed by atoms with Crippen molar-refractivity contribution in [3.05, 3.63) is 58.1 Å². The number of fused-ring (bicyclic) bond motifs is 1. The second-order valence-corrected chi connectivity index (χ2v) is 6.11. The van der Waals surface area contributed by atoms with Gasteiger partial charge in [0.05, 0.1) is 0 Å². The van der Waals surface area contributed by atoms with E-state index in [2.05, 4.69) is 21.2 Å². The van der Waals surface area contributed by atoms with E-state index in [9.17, 15) is 9.59 Å². The van der Waals surface area contributed by atoms with Gasteiger partial charge in [0.1, 0.15) is 0 Å². The van der Waals surface area contributed by atoms with Crippen molar-refractivity contribution in [2.24, 2.45) is 0 Å². The van der Waals surface area contributed by atoms with Gasteiger partial charge in [-0.3, -0.25) is 9.59 Å². The van der Waals surface area contributed by atoms with Gasteiger partial charge in [-0.05, 0) is 42.7 Å². The highest BCUT2D eigenvalue weighted by Crippen LogP contribution is 2.27. The molecular formula is C17H15BrN2O2. The predicted molar refractivity (Wildman–Crippen MR) is 90.0 cm³/mol. The molecule has 0 fully saturated rings. The van der Waals surface area contributed by atoms with Gasteiger partial charge in [0.15, 0.2) is 0 Å². The highest BCUT2D eigenvalue weighted by atomic mass is 79.9. The van der Waals surface area contributed by atoms with Crippen molar-refractivity contribution in [2.45, 2.75) is 13.3 Å². The zero-order chi connectivity index (χ0) is 15.7. The SMILES string of the molecule is Cc1ccc(NC(=O)C(=O)N2CCc3ccccc32)cc1Br. The smallest absolute Gasteiger partial charge is 0.316 e. The Labute approximate surface area is 137 Å². The van der Waals surface area contributed by atoms with Gasteiger partial charge >= 0.3 is 11.8 Å². The molecule has 1 heterocycles. The average molecular weight is 359 g/mol. The summed E-state index contributed by atoms with van der Waals surface area (Å²) < 4.78 is 0.893. The zero-order valence-electron chi connectivity index (χ0n) is 12.1. The standard InChI is InChI=1S/C17H15BrN2O2/c1-11-6-7-13(10-14(11)18)19-16(21)17(22)20-9-8-12-4-2-3-5-15(12)20/h2-7,10H,8-9H2,1H3,(H,19,21). The van der Waals surface area contributed by atoms with Crippen LogP contribution in [-0.2, 0) is 16.0 Å². The van der Waals surface area contributed by atoms with E-state index in [-0.39, 0.29) is 0 Å². The van der Waals surface area contributed by atoms with Crippen LogP contribution in [0, 0.1) is 6.92 Å². The first-order valence-electron chi connectivity index (χ1n) is 7.03. The number of rotatable bonds is 1. The lowest BCUT2D eigenvalue weighted by Gasteiger charge is -2.16. The number of carbonyl (C=O) groups is 2. The molecule has 1 aliphatic rings. The molecule has 0 bridgehead atoms. The number of aryl methyl sites for hydroxylation is 1. The molecule has 5 heteroatoms. The Morgan fingerprint density at radius 3 is 2.73 bits per heavy atom. The van der Waals surface area contributed by atoms with Crippen molar-refractivity contribution in [3.63, 3.8) is 0 Å². The molecular weight excluding hydrogens is 344 g/mol. The highest BCUT2D eigenvalue weighted by Gasteiger charge is 2.28. The summed E-state index contributed by atoms with van der Waals surface area (Å²) in [6.07, 6.45) is 0.783. The maximum Gasteiger partial charge on any atom is 0.316 e. The van der Waals surface area contributed by atoms with Gasteiger partial charge in [-0.25, -0.2) is 0 Å². The Morgan fingerprint density at radius 2 is 1.95 bits per heavy atom. The van der Waals surface area contributed by atoms with Crippen LogP contribution in [0.4, 0.5) is 11.4 Å². The van der Waals surface area contributed by atoms with Gasteiger partial charge in [-0.1, -0.05) is 40.2 Å². The third-order valence-corrected chi connectivity index (χ3v) is 4.61. The molecule has 1 N–H and O–H groups in total. The van der Waals surface area contributed by atoms with Crippen LogP contribution in [-0.4, -0.2) is 18.4 Å². The highest BCUT2D eigenvalue weighted by molar-refractivity contribution is 9.10. The Bertz CT molecular complexity index is 758. The summed E-state index contributed by atoms with van der Waals surface area (Å²) >= 11 is 3.41. The van der Waals surface area contributed by atoms with Crippen molar-refractivity contribution in [1.82, 2.24) is 0 Å². The van der Waals surface area contributed by atoms with Crippen LogP contribution >= 0.6 is 15.9 Å². The fraction of sp³-hybridized carbons (Fsp3) is 0.176. The number of nitrogens with one attached hydrogen (secondary N) is 1. The van der Waals surface area contributed by atoms with Gasteiger partial charge in [-0.15, -0.1) is 0 Å². The van der Waals surface area contributed by atoms with E-state index in [0.717, 1.165) is 27.7 Å². The van der Waals surface area contributed by atoms with Crippen LogP contribution in [0.5, 0.6) is 0 Å². The Morgan fingerprint density at radius 1 is 1.18 bits per heavy atom. The number of hydrogen-bond donors (Lipinski definition) is 1. The largest absolute Gasteiger partial charge is 0.318 e. The third kappa shape index (κ3) is 2.76. The van der Waals surface area contributed by atoms with Crippen LogP contribution in [0.3, 0.4) is 0 Å².